The van der Waals surface area contributed by atoms with Crippen LogP contribution in [-0.2, 0) is 0 Å². The zero-order valence-electron chi connectivity index (χ0n) is 12.5. The summed E-state index contributed by atoms with van der Waals surface area (Å²) >= 11 is 0. The molecule has 0 fully saturated rings. The summed E-state index contributed by atoms with van der Waals surface area (Å²) in [7, 11) is 0. The second kappa shape index (κ2) is 5.48. The standard InChI is InChI=1S/C18H23N/c1-12-9-13(2)11-17(10-12)16(5)19-18-8-6-7-14(3)15(18)4/h6-11,16,19H,1-5H3. The van der Waals surface area contributed by atoms with E-state index in [1.165, 1.54) is 33.5 Å². The van der Waals surface area contributed by atoms with Crippen LogP contribution in [0, 0.1) is 27.7 Å². The van der Waals surface area contributed by atoms with Crippen LogP contribution in [0.25, 0.3) is 0 Å². The van der Waals surface area contributed by atoms with E-state index in [9.17, 15) is 0 Å². The Morgan fingerprint density at radius 2 is 1.53 bits per heavy atom. The van der Waals surface area contributed by atoms with Crippen LogP contribution in [-0.4, -0.2) is 0 Å². The molecule has 2 rings (SSSR count). The van der Waals surface area contributed by atoms with E-state index in [4.69, 9.17) is 0 Å². The number of hydrogen-bond donors (Lipinski definition) is 1. The highest BCUT2D eigenvalue weighted by Gasteiger charge is 2.08. The lowest BCUT2D eigenvalue weighted by Gasteiger charge is -2.19. The van der Waals surface area contributed by atoms with E-state index in [-0.39, 0.29) is 0 Å². The molecule has 0 radical (unpaired) electrons. The van der Waals surface area contributed by atoms with Gasteiger partial charge in [0.1, 0.15) is 0 Å². The van der Waals surface area contributed by atoms with Gasteiger partial charge in [0.05, 0.1) is 0 Å². The zero-order chi connectivity index (χ0) is 14.0. The molecule has 0 heterocycles. The van der Waals surface area contributed by atoms with Gasteiger partial charge in [0, 0.05) is 11.7 Å². The molecule has 0 aliphatic rings. The Morgan fingerprint density at radius 1 is 0.895 bits per heavy atom. The van der Waals surface area contributed by atoms with E-state index >= 15 is 0 Å². The van der Waals surface area contributed by atoms with Crippen molar-refractivity contribution in [2.24, 2.45) is 0 Å². The van der Waals surface area contributed by atoms with Crippen molar-refractivity contribution in [3.05, 3.63) is 64.2 Å². The van der Waals surface area contributed by atoms with Gasteiger partial charge in [0.15, 0.2) is 0 Å². The van der Waals surface area contributed by atoms with Crippen LogP contribution in [0.5, 0.6) is 0 Å². The maximum atomic E-state index is 3.62. The zero-order valence-corrected chi connectivity index (χ0v) is 12.5. The molecule has 0 amide bonds. The fraction of sp³-hybridized carbons (Fsp3) is 0.333. The molecule has 1 heteroatoms. The van der Waals surface area contributed by atoms with Crippen molar-refractivity contribution in [2.75, 3.05) is 5.32 Å². The molecule has 0 bridgehead atoms. The van der Waals surface area contributed by atoms with Crippen molar-refractivity contribution in [2.45, 2.75) is 40.7 Å². The summed E-state index contributed by atoms with van der Waals surface area (Å²) in [5.74, 6) is 0. The van der Waals surface area contributed by atoms with Crippen molar-refractivity contribution in [3.63, 3.8) is 0 Å². The number of nitrogens with one attached hydrogen (secondary N) is 1. The molecule has 0 spiro atoms. The molecule has 19 heavy (non-hydrogen) atoms. The molecule has 1 nitrogen and oxygen atoms in total. The topological polar surface area (TPSA) is 12.0 Å². The maximum Gasteiger partial charge on any atom is 0.0485 e. The average molecular weight is 253 g/mol. The predicted molar refractivity (Wildman–Crippen MR) is 83.9 cm³/mol. The molecule has 0 aliphatic heterocycles. The number of aryl methyl sites for hydroxylation is 3. The lowest BCUT2D eigenvalue weighted by Crippen LogP contribution is -2.08. The van der Waals surface area contributed by atoms with Crippen LogP contribution in [0.4, 0.5) is 5.69 Å². The largest absolute Gasteiger partial charge is 0.378 e. The highest BCUT2D eigenvalue weighted by molar-refractivity contribution is 5.55. The molecule has 100 valence electrons. The first-order valence-electron chi connectivity index (χ1n) is 6.88. The minimum absolute atomic E-state index is 0.319. The highest BCUT2D eigenvalue weighted by Crippen LogP contribution is 2.25. The van der Waals surface area contributed by atoms with Crippen molar-refractivity contribution < 1.29 is 0 Å². The van der Waals surface area contributed by atoms with Crippen LogP contribution < -0.4 is 5.32 Å². The Balaban J connectivity index is 2.25. The minimum Gasteiger partial charge on any atom is -0.378 e. The van der Waals surface area contributed by atoms with Crippen molar-refractivity contribution in [3.8, 4) is 0 Å². The van der Waals surface area contributed by atoms with Gasteiger partial charge in [-0.25, -0.2) is 0 Å². The molecule has 1 atom stereocenters. The van der Waals surface area contributed by atoms with Crippen molar-refractivity contribution >= 4 is 5.69 Å². The van der Waals surface area contributed by atoms with Crippen LogP contribution in [0.2, 0.25) is 0 Å². The van der Waals surface area contributed by atoms with Gasteiger partial charge in [-0.3, -0.25) is 0 Å². The predicted octanol–water partition coefficient (Wildman–Crippen LogP) is 5.09. The minimum atomic E-state index is 0.319. The number of anilines is 1. The highest BCUT2D eigenvalue weighted by atomic mass is 14.9. The number of hydrogen-bond acceptors (Lipinski definition) is 1. The lowest BCUT2D eigenvalue weighted by molar-refractivity contribution is 0.878. The Morgan fingerprint density at radius 3 is 2.16 bits per heavy atom. The molecule has 0 saturated heterocycles. The maximum absolute atomic E-state index is 3.62. The second-order valence-electron chi connectivity index (χ2n) is 5.53. The Hall–Kier alpha value is -1.76. The Kier molecular flexibility index (Phi) is 3.94. The van der Waals surface area contributed by atoms with Gasteiger partial charge in [-0.05, 0) is 57.4 Å². The van der Waals surface area contributed by atoms with E-state index in [1.807, 2.05) is 0 Å². The number of rotatable bonds is 3. The molecule has 2 aromatic carbocycles. The van der Waals surface area contributed by atoms with Crippen LogP contribution in [0.15, 0.2) is 36.4 Å². The van der Waals surface area contributed by atoms with Gasteiger partial charge in [-0.1, -0.05) is 41.5 Å². The molecular weight excluding hydrogens is 230 g/mol. The van der Waals surface area contributed by atoms with E-state index in [0.717, 1.165) is 0 Å². The van der Waals surface area contributed by atoms with Crippen molar-refractivity contribution in [1.29, 1.82) is 0 Å². The summed E-state index contributed by atoms with van der Waals surface area (Å²) in [6, 6.07) is 13.5. The van der Waals surface area contributed by atoms with Crippen LogP contribution in [0.3, 0.4) is 0 Å². The normalized spacial score (nSPS) is 12.3. The van der Waals surface area contributed by atoms with E-state index < -0.39 is 0 Å². The van der Waals surface area contributed by atoms with E-state index in [1.54, 1.807) is 0 Å². The Bertz CT molecular complexity index is 564. The van der Waals surface area contributed by atoms with Gasteiger partial charge in [0.25, 0.3) is 0 Å². The van der Waals surface area contributed by atoms with Gasteiger partial charge in [-0.2, -0.15) is 0 Å². The monoisotopic (exact) mass is 253 g/mol. The summed E-state index contributed by atoms with van der Waals surface area (Å²) in [6.45, 7) is 10.9. The smallest absolute Gasteiger partial charge is 0.0485 e. The third-order valence-electron chi connectivity index (χ3n) is 3.72. The average Bonchev–Trinajstić information content (AvgIpc) is 2.33. The fourth-order valence-corrected chi connectivity index (χ4v) is 2.48. The van der Waals surface area contributed by atoms with Gasteiger partial charge >= 0.3 is 0 Å². The quantitative estimate of drug-likeness (QED) is 0.803. The third kappa shape index (κ3) is 3.17. The molecule has 2 aromatic rings. The molecule has 1 N–H and O–H groups in total. The summed E-state index contributed by atoms with van der Waals surface area (Å²) in [5, 5.41) is 3.62. The Labute approximate surface area is 116 Å². The van der Waals surface area contributed by atoms with Gasteiger partial charge in [0.2, 0.25) is 0 Å². The third-order valence-corrected chi connectivity index (χ3v) is 3.72. The SMILES string of the molecule is Cc1cc(C)cc(C(C)Nc2cccc(C)c2C)c1. The fourth-order valence-electron chi connectivity index (χ4n) is 2.48. The van der Waals surface area contributed by atoms with E-state index in [0.29, 0.717) is 6.04 Å². The first-order chi connectivity index (χ1) is 8.97. The van der Waals surface area contributed by atoms with Crippen molar-refractivity contribution in [1.82, 2.24) is 0 Å². The second-order valence-corrected chi connectivity index (χ2v) is 5.53. The summed E-state index contributed by atoms with van der Waals surface area (Å²) in [6.07, 6.45) is 0. The van der Waals surface area contributed by atoms with Crippen LogP contribution >= 0.6 is 0 Å². The summed E-state index contributed by atoms with van der Waals surface area (Å²) in [5.41, 5.74) is 7.88. The molecule has 1 unspecified atom stereocenters. The van der Waals surface area contributed by atoms with E-state index in [2.05, 4.69) is 76.3 Å². The lowest BCUT2D eigenvalue weighted by atomic mass is 10.0. The summed E-state index contributed by atoms with van der Waals surface area (Å²) < 4.78 is 0. The first kappa shape index (κ1) is 13.7. The molecule has 0 aliphatic carbocycles. The van der Waals surface area contributed by atoms with Gasteiger partial charge < -0.3 is 5.32 Å². The molecular formula is C18H23N. The summed E-state index contributed by atoms with van der Waals surface area (Å²) in [4.78, 5) is 0. The molecule has 0 saturated carbocycles. The molecule has 0 aromatic heterocycles. The van der Waals surface area contributed by atoms with Crippen LogP contribution in [0.1, 0.15) is 40.8 Å². The van der Waals surface area contributed by atoms with Gasteiger partial charge in [-0.15, -0.1) is 0 Å². The number of benzene rings is 2. The first-order valence-corrected chi connectivity index (χ1v) is 6.88.